The molecule has 0 saturated heterocycles. The Morgan fingerprint density at radius 2 is 1.96 bits per heavy atom. The molecule has 0 bridgehead atoms. The third kappa shape index (κ3) is 4.00. The molecule has 0 saturated carbocycles. The van der Waals surface area contributed by atoms with Gasteiger partial charge in [0.25, 0.3) is 10.0 Å². The Morgan fingerprint density at radius 3 is 2.64 bits per heavy atom. The maximum Gasteiger partial charge on any atom is 0.300 e. The van der Waals surface area contributed by atoms with Gasteiger partial charge in [0, 0.05) is 35.7 Å². The molecule has 7 nitrogen and oxygen atoms in total. The minimum Gasteiger partial charge on any atom is -0.492 e. The van der Waals surface area contributed by atoms with E-state index in [0.29, 0.717) is 15.4 Å². The molecular formula is C19H19BrN2O5S. The van der Waals surface area contributed by atoms with Crippen LogP contribution in [0, 0.1) is 0 Å². The molecule has 148 valence electrons. The number of halogens is 1. The minimum absolute atomic E-state index is 0.0977. The molecule has 1 N–H and O–H groups in total. The number of anilines is 1. The number of nitrogens with zero attached hydrogens (tertiary/aromatic N) is 1. The number of fused-ring (bicyclic) bond motifs is 1. The zero-order chi connectivity index (χ0) is 20.5. The van der Waals surface area contributed by atoms with E-state index >= 15 is 0 Å². The number of hydrogen-bond donors (Lipinski definition) is 1. The SMILES string of the molecule is CCOc1cccc(Br)c1S(=O)(=O)NC(=O)c1cc2ccc(N(C)C)cc2o1. The van der Waals surface area contributed by atoms with Gasteiger partial charge in [0.2, 0.25) is 0 Å². The number of ether oxygens (including phenoxy) is 1. The van der Waals surface area contributed by atoms with Crippen molar-refractivity contribution in [1.82, 2.24) is 4.72 Å². The van der Waals surface area contributed by atoms with Crippen molar-refractivity contribution in [3.8, 4) is 5.75 Å². The van der Waals surface area contributed by atoms with E-state index in [4.69, 9.17) is 9.15 Å². The summed E-state index contributed by atoms with van der Waals surface area (Å²) in [5.41, 5.74) is 1.39. The fourth-order valence-corrected chi connectivity index (χ4v) is 4.80. The first kappa shape index (κ1) is 20.2. The van der Waals surface area contributed by atoms with Crippen molar-refractivity contribution < 1.29 is 22.4 Å². The summed E-state index contributed by atoms with van der Waals surface area (Å²) in [5, 5.41) is 0.698. The summed E-state index contributed by atoms with van der Waals surface area (Å²) in [6.07, 6.45) is 0. The molecule has 1 heterocycles. The molecule has 2 aromatic carbocycles. The zero-order valence-corrected chi connectivity index (χ0v) is 17.9. The van der Waals surface area contributed by atoms with Gasteiger partial charge in [-0.05, 0) is 53.2 Å². The Balaban J connectivity index is 1.93. The Labute approximate surface area is 171 Å². The summed E-state index contributed by atoms with van der Waals surface area (Å²) < 4.78 is 38.9. The van der Waals surface area contributed by atoms with Crippen molar-refractivity contribution in [2.45, 2.75) is 11.8 Å². The Morgan fingerprint density at radius 1 is 1.21 bits per heavy atom. The van der Waals surface area contributed by atoms with E-state index in [1.54, 1.807) is 31.2 Å². The second-order valence-corrected chi connectivity index (χ2v) is 8.64. The first-order valence-electron chi connectivity index (χ1n) is 8.42. The van der Waals surface area contributed by atoms with Crippen LogP contribution in [-0.4, -0.2) is 35.0 Å². The van der Waals surface area contributed by atoms with Crippen LogP contribution >= 0.6 is 15.9 Å². The standard InChI is InChI=1S/C19H19BrN2O5S/c1-4-26-15-7-5-6-14(20)18(15)28(24,25)21-19(23)17-10-12-8-9-13(22(2)3)11-16(12)27-17/h5-11H,4H2,1-3H3,(H,21,23). The first-order valence-corrected chi connectivity index (χ1v) is 10.7. The quantitative estimate of drug-likeness (QED) is 0.594. The minimum atomic E-state index is -4.19. The predicted octanol–water partition coefficient (Wildman–Crippen LogP) is 3.78. The van der Waals surface area contributed by atoms with Crippen LogP contribution in [0.5, 0.6) is 5.75 Å². The smallest absolute Gasteiger partial charge is 0.300 e. The number of carbonyl (C=O) groups is 1. The molecule has 0 aliphatic carbocycles. The van der Waals surface area contributed by atoms with E-state index < -0.39 is 15.9 Å². The number of amides is 1. The van der Waals surface area contributed by atoms with Crippen molar-refractivity contribution >= 4 is 48.5 Å². The third-order valence-corrected chi connectivity index (χ3v) is 6.31. The zero-order valence-electron chi connectivity index (χ0n) is 15.5. The molecular weight excluding hydrogens is 448 g/mol. The van der Waals surface area contributed by atoms with Gasteiger partial charge >= 0.3 is 5.91 Å². The molecule has 0 radical (unpaired) electrons. The monoisotopic (exact) mass is 466 g/mol. The van der Waals surface area contributed by atoms with Gasteiger partial charge in [-0.25, -0.2) is 13.1 Å². The number of rotatable bonds is 6. The van der Waals surface area contributed by atoms with Gasteiger partial charge in [0.05, 0.1) is 6.61 Å². The highest BCUT2D eigenvalue weighted by Crippen LogP contribution is 2.32. The lowest BCUT2D eigenvalue weighted by Gasteiger charge is -2.12. The Bertz CT molecular complexity index is 1140. The Hall–Kier alpha value is -2.52. The highest BCUT2D eigenvalue weighted by atomic mass is 79.9. The average molecular weight is 467 g/mol. The van der Waals surface area contributed by atoms with Crippen molar-refractivity contribution in [3.05, 3.63) is 52.7 Å². The van der Waals surface area contributed by atoms with Crippen LogP contribution in [0.1, 0.15) is 17.5 Å². The van der Waals surface area contributed by atoms with Crippen LogP contribution in [0.15, 0.2) is 56.2 Å². The summed E-state index contributed by atoms with van der Waals surface area (Å²) in [6.45, 7) is 2.02. The van der Waals surface area contributed by atoms with Gasteiger partial charge in [-0.15, -0.1) is 0 Å². The summed E-state index contributed by atoms with van der Waals surface area (Å²) >= 11 is 3.21. The van der Waals surface area contributed by atoms with Gasteiger partial charge < -0.3 is 14.1 Å². The van der Waals surface area contributed by atoms with Gasteiger partial charge in [-0.1, -0.05) is 6.07 Å². The molecule has 9 heteroatoms. The number of furan rings is 1. The molecule has 0 fully saturated rings. The van der Waals surface area contributed by atoms with E-state index in [0.717, 1.165) is 5.69 Å². The van der Waals surface area contributed by atoms with Crippen LogP contribution in [0.2, 0.25) is 0 Å². The summed E-state index contributed by atoms with van der Waals surface area (Å²) in [7, 11) is -0.416. The van der Waals surface area contributed by atoms with E-state index in [1.165, 1.54) is 12.1 Å². The van der Waals surface area contributed by atoms with Crippen molar-refractivity contribution in [2.24, 2.45) is 0 Å². The van der Waals surface area contributed by atoms with E-state index in [2.05, 4.69) is 15.9 Å². The van der Waals surface area contributed by atoms with Gasteiger partial charge in [-0.3, -0.25) is 4.79 Å². The van der Waals surface area contributed by atoms with Crippen molar-refractivity contribution in [2.75, 3.05) is 25.6 Å². The van der Waals surface area contributed by atoms with Gasteiger partial charge in [-0.2, -0.15) is 0 Å². The number of nitrogens with one attached hydrogen (secondary N) is 1. The molecule has 0 atom stereocenters. The molecule has 3 rings (SSSR count). The fraction of sp³-hybridized carbons (Fsp3) is 0.211. The number of sulfonamides is 1. The van der Waals surface area contributed by atoms with Crippen LogP contribution < -0.4 is 14.4 Å². The molecule has 28 heavy (non-hydrogen) atoms. The second-order valence-electron chi connectivity index (χ2n) is 6.16. The summed E-state index contributed by atoms with van der Waals surface area (Å²) in [6, 6.07) is 11.7. The first-order chi connectivity index (χ1) is 13.2. The molecule has 1 amide bonds. The van der Waals surface area contributed by atoms with Crippen LogP contribution in [0.4, 0.5) is 5.69 Å². The summed E-state index contributed by atoms with van der Waals surface area (Å²) in [4.78, 5) is 14.3. The highest BCUT2D eigenvalue weighted by Gasteiger charge is 2.27. The van der Waals surface area contributed by atoms with Crippen molar-refractivity contribution in [1.29, 1.82) is 0 Å². The number of carbonyl (C=O) groups excluding carboxylic acids is 1. The van der Waals surface area contributed by atoms with Crippen LogP contribution in [-0.2, 0) is 10.0 Å². The lowest BCUT2D eigenvalue weighted by molar-refractivity contribution is 0.0956. The van der Waals surface area contributed by atoms with E-state index in [-0.39, 0.29) is 23.0 Å². The van der Waals surface area contributed by atoms with Gasteiger partial charge in [0.15, 0.2) is 5.76 Å². The maximum absolute atomic E-state index is 12.8. The lowest BCUT2D eigenvalue weighted by atomic mass is 10.2. The Kier molecular flexibility index (Phi) is 5.66. The van der Waals surface area contributed by atoms with Gasteiger partial charge in [0.1, 0.15) is 16.2 Å². The average Bonchev–Trinajstić information content (AvgIpc) is 3.04. The molecule has 0 aliphatic heterocycles. The van der Waals surface area contributed by atoms with Crippen LogP contribution in [0.25, 0.3) is 11.0 Å². The third-order valence-electron chi connectivity index (χ3n) is 3.97. The van der Waals surface area contributed by atoms with Crippen molar-refractivity contribution in [3.63, 3.8) is 0 Å². The summed E-state index contributed by atoms with van der Waals surface area (Å²) in [5.74, 6) is -0.808. The molecule has 1 aromatic heterocycles. The molecule has 0 aliphatic rings. The number of benzene rings is 2. The van der Waals surface area contributed by atoms with E-state index in [1.807, 2.05) is 29.8 Å². The molecule has 0 unspecified atom stereocenters. The number of hydrogen-bond acceptors (Lipinski definition) is 6. The predicted molar refractivity (Wildman–Crippen MR) is 111 cm³/mol. The molecule has 3 aromatic rings. The normalized spacial score (nSPS) is 11.4. The largest absolute Gasteiger partial charge is 0.492 e. The second kappa shape index (κ2) is 7.84. The topological polar surface area (TPSA) is 88.8 Å². The maximum atomic E-state index is 12.8. The van der Waals surface area contributed by atoms with Crippen LogP contribution in [0.3, 0.4) is 0 Å². The van der Waals surface area contributed by atoms with E-state index in [9.17, 15) is 13.2 Å². The highest BCUT2D eigenvalue weighted by molar-refractivity contribution is 9.10. The molecule has 0 spiro atoms. The fourth-order valence-electron chi connectivity index (χ4n) is 2.65. The lowest BCUT2D eigenvalue weighted by Crippen LogP contribution is -2.31.